The van der Waals surface area contributed by atoms with Crippen molar-refractivity contribution < 1.29 is 0 Å². The monoisotopic (exact) mass is 299 g/mol. The molecule has 3 rings (SSSR count). The zero-order chi connectivity index (χ0) is 15.7. The van der Waals surface area contributed by atoms with E-state index in [4.69, 9.17) is 0 Å². The quantitative estimate of drug-likeness (QED) is 0.945. The lowest BCUT2D eigenvalue weighted by atomic mass is 10.1. The van der Waals surface area contributed by atoms with Crippen LogP contribution in [0.4, 0.5) is 0 Å². The fourth-order valence-electron chi connectivity index (χ4n) is 3.24. The first-order valence-electron chi connectivity index (χ1n) is 8.15. The summed E-state index contributed by atoms with van der Waals surface area (Å²) >= 11 is 0. The van der Waals surface area contributed by atoms with Crippen molar-refractivity contribution in [2.75, 3.05) is 32.7 Å². The van der Waals surface area contributed by atoms with E-state index in [0.29, 0.717) is 0 Å². The number of benzene rings is 1. The molecule has 0 spiro atoms. The Morgan fingerprint density at radius 1 is 1.09 bits per heavy atom. The number of aromatic amines is 1. The lowest BCUT2D eigenvalue weighted by Crippen LogP contribution is -2.46. The van der Waals surface area contributed by atoms with Crippen LogP contribution in [-0.4, -0.2) is 47.5 Å². The molecular weight excluding hydrogens is 274 g/mol. The minimum Gasteiger partial charge on any atom is -0.358 e. The highest BCUT2D eigenvalue weighted by Gasteiger charge is 2.18. The number of aryl methyl sites for hydroxylation is 2. The molecule has 0 unspecified atom stereocenters. The van der Waals surface area contributed by atoms with E-state index in [1.807, 2.05) is 32.0 Å². The lowest BCUT2D eigenvalue weighted by Gasteiger charge is -2.34. The molecule has 22 heavy (non-hydrogen) atoms. The highest BCUT2D eigenvalue weighted by Crippen LogP contribution is 2.15. The number of pyridine rings is 1. The van der Waals surface area contributed by atoms with E-state index in [2.05, 4.69) is 21.7 Å². The molecule has 1 aliphatic rings. The van der Waals surface area contributed by atoms with Crippen molar-refractivity contribution >= 4 is 10.9 Å². The van der Waals surface area contributed by atoms with E-state index in [1.54, 1.807) is 0 Å². The van der Waals surface area contributed by atoms with E-state index in [9.17, 15) is 4.79 Å². The second-order valence-electron chi connectivity index (χ2n) is 6.32. The molecule has 1 aromatic carbocycles. The predicted molar refractivity (Wildman–Crippen MR) is 91.4 cm³/mol. The SMILES string of the molecule is CCN1CCN(Cc2c(C)[nH]c3ccc(C)cc3c2=O)CC1. The van der Waals surface area contributed by atoms with E-state index in [-0.39, 0.29) is 5.43 Å². The molecular formula is C18H25N3O. The average Bonchev–Trinajstić information content (AvgIpc) is 2.53. The van der Waals surface area contributed by atoms with Crippen LogP contribution in [0, 0.1) is 13.8 Å². The van der Waals surface area contributed by atoms with Crippen LogP contribution < -0.4 is 5.43 Å². The second kappa shape index (κ2) is 6.23. The number of H-pyrrole nitrogens is 1. The van der Waals surface area contributed by atoms with Crippen LogP contribution in [0.3, 0.4) is 0 Å². The van der Waals surface area contributed by atoms with Crippen molar-refractivity contribution in [3.63, 3.8) is 0 Å². The zero-order valence-corrected chi connectivity index (χ0v) is 13.8. The molecule has 0 amide bonds. The van der Waals surface area contributed by atoms with Crippen molar-refractivity contribution in [2.24, 2.45) is 0 Å². The molecule has 0 radical (unpaired) electrons. The predicted octanol–water partition coefficient (Wildman–Crippen LogP) is 2.28. The van der Waals surface area contributed by atoms with Gasteiger partial charge in [0.05, 0.1) is 0 Å². The minimum absolute atomic E-state index is 0.188. The number of likely N-dealkylation sites (N-methyl/N-ethyl adjacent to an activating group) is 1. The van der Waals surface area contributed by atoms with Crippen LogP contribution in [0.2, 0.25) is 0 Å². The number of hydrogen-bond acceptors (Lipinski definition) is 3. The average molecular weight is 299 g/mol. The van der Waals surface area contributed by atoms with Crippen molar-refractivity contribution in [3.8, 4) is 0 Å². The standard InChI is InChI=1S/C18H25N3O/c1-4-20-7-9-21(10-8-20)12-16-14(3)19-17-6-5-13(2)11-15(17)18(16)22/h5-6,11H,4,7-10,12H2,1-3H3,(H,19,22). The molecule has 1 N–H and O–H groups in total. The summed E-state index contributed by atoms with van der Waals surface area (Å²) in [6, 6.07) is 6.04. The molecule has 4 heteroatoms. The third kappa shape index (κ3) is 2.94. The Kier molecular flexibility index (Phi) is 4.32. The van der Waals surface area contributed by atoms with Crippen LogP contribution in [0.15, 0.2) is 23.0 Å². The van der Waals surface area contributed by atoms with Crippen molar-refractivity contribution in [3.05, 3.63) is 45.2 Å². The molecule has 0 atom stereocenters. The summed E-state index contributed by atoms with van der Waals surface area (Å²) in [5, 5.41) is 0.813. The van der Waals surface area contributed by atoms with E-state index >= 15 is 0 Å². The molecule has 0 saturated carbocycles. The molecule has 1 aromatic heterocycles. The lowest BCUT2D eigenvalue weighted by molar-refractivity contribution is 0.131. The summed E-state index contributed by atoms with van der Waals surface area (Å²) in [6.07, 6.45) is 0. The summed E-state index contributed by atoms with van der Waals surface area (Å²) in [4.78, 5) is 21.1. The Balaban J connectivity index is 1.89. The maximum absolute atomic E-state index is 12.8. The molecule has 2 heterocycles. The van der Waals surface area contributed by atoms with Crippen LogP contribution in [0.5, 0.6) is 0 Å². The third-order valence-corrected chi connectivity index (χ3v) is 4.76. The number of nitrogens with zero attached hydrogens (tertiary/aromatic N) is 2. The second-order valence-corrected chi connectivity index (χ2v) is 6.32. The molecule has 2 aromatic rings. The number of hydrogen-bond donors (Lipinski definition) is 1. The fourth-order valence-corrected chi connectivity index (χ4v) is 3.24. The topological polar surface area (TPSA) is 39.3 Å². The number of nitrogens with one attached hydrogen (secondary N) is 1. The molecule has 4 nitrogen and oxygen atoms in total. The summed E-state index contributed by atoms with van der Waals surface area (Å²) in [5.41, 5.74) is 4.17. The number of fused-ring (bicyclic) bond motifs is 1. The molecule has 1 aliphatic heterocycles. The van der Waals surface area contributed by atoms with Gasteiger partial charge in [0.1, 0.15) is 0 Å². The summed E-state index contributed by atoms with van der Waals surface area (Å²) in [7, 11) is 0. The summed E-state index contributed by atoms with van der Waals surface area (Å²) in [6.45, 7) is 12.4. The van der Waals surface area contributed by atoms with Gasteiger partial charge in [0.15, 0.2) is 5.43 Å². The Morgan fingerprint density at radius 3 is 2.45 bits per heavy atom. The van der Waals surface area contributed by atoms with Crippen molar-refractivity contribution in [1.29, 1.82) is 0 Å². The fraction of sp³-hybridized carbons (Fsp3) is 0.500. The highest BCUT2D eigenvalue weighted by atomic mass is 16.1. The normalized spacial score (nSPS) is 17.2. The van der Waals surface area contributed by atoms with Crippen molar-refractivity contribution in [1.82, 2.24) is 14.8 Å². The van der Waals surface area contributed by atoms with Gasteiger partial charge in [-0.05, 0) is 32.5 Å². The molecule has 0 aliphatic carbocycles. The van der Waals surface area contributed by atoms with Crippen molar-refractivity contribution in [2.45, 2.75) is 27.3 Å². The van der Waals surface area contributed by atoms with Crippen LogP contribution in [0.1, 0.15) is 23.7 Å². The van der Waals surface area contributed by atoms with Gasteiger partial charge >= 0.3 is 0 Å². The van der Waals surface area contributed by atoms with Gasteiger partial charge in [-0.2, -0.15) is 0 Å². The summed E-state index contributed by atoms with van der Waals surface area (Å²) < 4.78 is 0. The van der Waals surface area contributed by atoms with Gasteiger partial charge in [0.25, 0.3) is 0 Å². The van der Waals surface area contributed by atoms with Gasteiger partial charge in [-0.1, -0.05) is 18.6 Å². The van der Waals surface area contributed by atoms with E-state index in [0.717, 1.165) is 67.0 Å². The van der Waals surface area contributed by atoms with Gasteiger partial charge in [0.2, 0.25) is 0 Å². The Labute approximate surface area is 131 Å². The first-order chi connectivity index (χ1) is 10.6. The molecule has 118 valence electrons. The Bertz CT molecular complexity index is 727. The molecule has 1 saturated heterocycles. The van der Waals surface area contributed by atoms with Crippen LogP contribution in [-0.2, 0) is 6.54 Å². The van der Waals surface area contributed by atoms with Gasteiger partial charge in [-0.3, -0.25) is 9.69 Å². The van der Waals surface area contributed by atoms with E-state index in [1.165, 1.54) is 0 Å². The van der Waals surface area contributed by atoms with Gasteiger partial charge in [0, 0.05) is 54.9 Å². The van der Waals surface area contributed by atoms with Crippen LogP contribution in [0.25, 0.3) is 10.9 Å². The number of piperazine rings is 1. The van der Waals surface area contributed by atoms with Gasteiger partial charge in [-0.15, -0.1) is 0 Å². The maximum atomic E-state index is 12.8. The third-order valence-electron chi connectivity index (χ3n) is 4.76. The number of aromatic nitrogens is 1. The highest BCUT2D eigenvalue weighted by molar-refractivity contribution is 5.80. The van der Waals surface area contributed by atoms with Gasteiger partial charge in [-0.25, -0.2) is 0 Å². The zero-order valence-electron chi connectivity index (χ0n) is 13.8. The first kappa shape index (κ1) is 15.3. The molecule has 0 bridgehead atoms. The minimum atomic E-state index is 0.188. The summed E-state index contributed by atoms with van der Waals surface area (Å²) in [5.74, 6) is 0. The Morgan fingerprint density at radius 2 is 1.77 bits per heavy atom. The smallest absolute Gasteiger partial charge is 0.194 e. The Hall–Kier alpha value is -1.65. The first-order valence-corrected chi connectivity index (χ1v) is 8.15. The van der Waals surface area contributed by atoms with E-state index < -0.39 is 0 Å². The molecule has 1 fully saturated rings. The maximum Gasteiger partial charge on any atom is 0.194 e. The largest absolute Gasteiger partial charge is 0.358 e. The van der Waals surface area contributed by atoms with Crippen LogP contribution >= 0.6 is 0 Å². The van der Waals surface area contributed by atoms with Gasteiger partial charge < -0.3 is 9.88 Å². The number of rotatable bonds is 3.